The normalized spacial score (nSPS) is 11.3. The maximum absolute atomic E-state index is 11.5. The number of ether oxygens (including phenoxy) is 3. The molecule has 0 bridgehead atoms. The summed E-state index contributed by atoms with van der Waals surface area (Å²) in [4.78, 5) is 33.2. The summed E-state index contributed by atoms with van der Waals surface area (Å²) in [7, 11) is 1.22. The Kier molecular flexibility index (Phi) is 5.71. The lowest BCUT2D eigenvalue weighted by Gasteiger charge is -2.14. The molecule has 0 saturated carbocycles. The number of carbonyl (C=O) groups is 3. The second-order valence-electron chi connectivity index (χ2n) is 4.06. The van der Waals surface area contributed by atoms with Crippen LogP contribution in [0.2, 0.25) is 0 Å². The van der Waals surface area contributed by atoms with Crippen LogP contribution in [0.1, 0.15) is 19.4 Å². The maximum Gasteiger partial charge on any atom is 0.347 e. The van der Waals surface area contributed by atoms with E-state index in [0.29, 0.717) is 5.75 Å². The lowest BCUT2D eigenvalue weighted by Crippen LogP contribution is -2.29. The number of methoxy groups -OCH3 is 1. The third-order valence-corrected chi connectivity index (χ3v) is 2.38. The van der Waals surface area contributed by atoms with Crippen molar-refractivity contribution in [3.8, 4) is 5.75 Å². The first-order chi connectivity index (χ1) is 9.42. The van der Waals surface area contributed by atoms with Crippen molar-refractivity contribution in [1.29, 1.82) is 0 Å². The van der Waals surface area contributed by atoms with E-state index in [1.807, 2.05) is 0 Å². The highest BCUT2D eigenvalue weighted by Crippen LogP contribution is 2.15. The highest BCUT2D eigenvalue weighted by molar-refractivity contribution is 5.78. The molecule has 0 aliphatic heterocycles. The van der Waals surface area contributed by atoms with Crippen molar-refractivity contribution >= 4 is 17.9 Å². The van der Waals surface area contributed by atoms with Gasteiger partial charge in [0.2, 0.25) is 6.10 Å². The first-order valence-corrected chi connectivity index (χ1v) is 5.94. The molecule has 0 spiro atoms. The van der Waals surface area contributed by atoms with E-state index in [0.717, 1.165) is 5.56 Å². The summed E-state index contributed by atoms with van der Waals surface area (Å²) in [5.41, 5.74) is 0.748. The molecule has 0 amide bonds. The quantitative estimate of drug-likeness (QED) is 0.597. The summed E-state index contributed by atoms with van der Waals surface area (Å²) in [6, 6.07) is 6.55. The molecule has 0 heterocycles. The molecule has 6 heteroatoms. The van der Waals surface area contributed by atoms with Gasteiger partial charge in [-0.25, -0.2) is 4.79 Å². The van der Waals surface area contributed by atoms with Crippen molar-refractivity contribution in [3.05, 3.63) is 29.8 Å². The van der Waals surface area contributed by atoms with Gasteiger partial charge in [0.15, 0.2) is 0 Å². The Morgan fingerprint density at radius 3 is 2.10 bits per heavy atom. The lowest BCUT2D eigenvalue weighted by atomic mass is 10.1. The minimum Gasteiger partial charge on any atom is -0.466 e. The zero-order valence-electron chi connectivity index (χ0n) is 11.5. The fourth-order valence-corrected chi connectivity index (χ4v) is 1.58. The van der Waals surface area contributed by atoms with E-state index in [1.54, 1.807) is 24.3 Å². The summed E-state index contributed by atoms with van der Waals surface area (Å²) >= 11 is 0. The Morgan fingerprint density at radius 1 is 1.05 bits per heavy atom. The van der Waals surface area contributed by atoms with Gasteiger partial charge < -0.3 is 14.2 Å². The average Bonchev–Trinajstić information content (AvgIpc) is 2.38. The standard InChI is InChI=1S/C14H16O6/c1-9(15)19-12-6-4-11(5-7-12)8-13(14(17)18-3)20-10(2)16/h4-7,13H,8H2,1-3H3. The van der Waals surface area contributed by atoms with Crippen LogP contribution in [0.15, 0.2) is 24.3 Å². The SMILES string of the molecule is COC(=O)C(Cc1ccc(OC(C)=O)cc1)OC(C)=O. The van der Waals surface area contributed by atoms with Gasteiger partial charge in [0.05, 0.1) is 7.11 Å². The van der Waals surface area contributed by atoms with Crippen LogP contribution in [0, 0.1) is 0 Å². The van der Waals surface area contributed by atoms with Crippen LogP contribution in [0.25, 0.3) is 0 Å². The lowest BCUT2D eigenvalue weighted by molar-refractivity contribution is -0.164. The topological polar surface area (TPSA) is 78.9 Å². The molecule has 1 aromatic carbocycles. The Morgan fingerprint density at radius 2 is 1.65 bits per heavy atom. The van der Waals surface area contributed by atoms with Gasteiger partial charge in [-0.3, -0.25) is 9.59 Å². The fourth-order valence-electron chi connectivity index (χ4n) is 1.58. The second kappa shape index (κ2) is 7.28. The fraction of sp³-hybridized carbons (Fsp3) is 0.357. The van der Waals surface area contributed by atoms with Crippen LogP contribution in [-0.4, -0.2) is 31.1 Å². The number of esters is 3. The zero-order chi connectivity index (χ0) is 15.1. The van der Waals surface area contributed by atoms with Gasteiger partial charge in [0.25, 0.3) is 0 Å². The zero-order valence-corrected chi connectivity index (χ0v) is 11.5. The van der Waals surface area contributed by atoms with Gasteiger partial charge in [-0.05, 0) is 17.7 Å². The monoisotopic (exact) mass is 280 g/mol. The molecule has 0 aromatic heterocycles. The molecule has 0 aliphatic rings. The number of rotatable bonds is 5. The van der Waals surface area contributed by atoms with Gasteiger partial charge in [0, 0.05) is 20.3 Å². The number of hydrogen-bond donors (Lipinski definition) is 0. The number of hydrogen-bond acceptors (Lipinski definition) is 6. The molecule has 0 saturated heterocycles. The van der Waals surface area contributed by atoms with E-state index < -0.39 is 24.0 Å². The molecule has 0 N–H and O–H groups in total. The smallest absolute Gasteiger partial charge is 0.347 e. The van der Waals surface area contributed by atoms with Crippen molar-refractivity contribution in [2.45, 2.75) is 26.4 Å². The van der Waals surface area contributed by atoms with Crippen LogP contribution in [0.5, 0.6) is 5.75 Å². The average molecular weight is 280 g/mol. The van der Waals surface area contributed by atoms with Crippen molar-refractivity contribution in [1.82, 2.24) is 0 Å². The summed E-state index contributed by atoms with van der Waals surface area (Å²) in [5, 5.41) is 0. The molecular formula is C14H16O6. The molecule has 0 fully saturated rings. The van der Waals surface area contributed by atoms with Crippen molar-refractivity contribution < 1.29 is 28.6 Å². The van der Waals surface area contributed by atoms with Crippen LogP contribution in [-0.2, 0) is 30.3 Å². The van der Waals surface area contributed by atoms with E-state index in [4.69, 9.17) is 9.47 Å². The Bertz CT molecular complexity index is 491. The summed E-state index contributed by atoms with van der Waals surface area (Å²) in [6.45, 7) is 2.53. The van der Waals surface area contributed by atoms with Gasteiger partial charge in [-0.2, -0.15) is 0 Å². The number of carbonyl (C=O) groups excluding carboxylic acids is 3. The molecule has 1 aromatic rings. The van der Waals surface area contributed by atoms with Crippen LogP contribution in [0.3, 0.4) is 0 Å². The van der Waals surface area contributed by atoms with Crippen molar-refractivity contribution in [3.63, 3.8) is 0 Å². The molecule has 20 heavy (non-hydrogen) atoms. The van der Waals surface area contributed by atoms with E-state index in [-0.39, 0.29) is 6.42 Å². The Balaban J connectivity index is 2.75. The first-order valence-electron chi connectivity index (χ1n) is 5.94. The summed E-state index contributed by atoms with van der Waals surface area (Å²) < 4.78 is 14.4. The van der Waals surface area contributed by atoms with E-state index in [9.17, 15) is 14.4 Å². The first kappa shape index (κ1) is 15.7. The predicted octanol–water partition coefficient (Wildman–Crippen LogP) is 1.26. The van der Waals surface area contributed by atoms with Crippen LogP contribution < -0.4 is 4.74 Å². The highest BCUT2D eigenvalue weighted by atomic mass is 16.6. The Labute approximate surface area is 116 Å². The molecule has 1 rings (SSSR count). The molecule has 108 valence electrons. The molecule has 1 atom stereocenters. The third-order valence-electron chi connectivity index (χ3n) is 2.38. The minimum absolute atomic E-state index is 0.187. The van der Waals surface area contributed by atoms with Crippen LogP contribution in [0.4, 0.5) is 0 Å². The molecular weight excluding hydrogens is 264 g/mol. The largest absolute Gasteiger partial charge is 0.466 e. The van der Waals surface area contributed by atoms with Gasteiger partial charge in [0.1, 0.15) is 5.75 Å². The van der Waals surface area contributed by atoms with Gasteiger partial charge in [-0.1, -0.05) is 12.1 Å². The van der Waals surface area contributed by atoms with E-state index in [1.165, 1.54) is 21.0 Å². The molecule has 6 nitrogen and oxygen atoms in total. The van der Waals surface area contributed by atoms with Crippen molar-refractivity contribution in [2.75, 3.05) is 7.11 Å². The molecule has 0 aliphatic carbocycles. The van der Waals surface area contributed by atoms with Crippen LogP contribution >= 0.6 is 0 Å². The van der Waals surface area contributed by atoms with Crippen molar-refractivity contribution in [2.24, 2.45) is 0 Å². The number of benzene rings is 1. The second-order valence-corrected chi connectivity index (χ2v) is 4.06. The summed E-state index contributed by atoms with van der Waals surface area (Å²) in [5.74, 6) is -1.19. The van der Waals surface area contributed by atoms with Gasteiger partial charge >= 0.3 is 17.9 Å². The molecule has 0 radical (unpaired) electrons. The summed E-state index contributed by atoms with van der Waals surface area (Å²) in [6.07, 6.45) is -0.802. The minimum atomic E-state index is -0.989. The highest BCUT2D eigenvalue weighted by Gasteiger charge is 2.22. The maximum atomic E-state index is 11.5. The third kappa shape index (κ3) is 5.09. The molecule has 1 unspecified atom stereocenters. The predicted molar refractivity (Wildman–Crippen MR) is 69.0 cm³/mol. The van der Waals surface area contributed by atoms with E-state index >= 15 is 0 Å². The Hall–Kier alpha value is -2.37. The van der Waals surface area contributed by atoms with Gasteiger partial charge in [-0.15, -0.1) is 0 Å². The van der Waals surface area contributed by atoms with E-state index in [2.05, 4.69) is 4.74 Å².